The van der Waals surface area contributed by atoms with E-state index in [1.54, 1.807) is 22.7 Å². The number of rotatable bonds is 2. The Labute approximate surface area is 103 Å². The van der Waals surface area contributed by atoms with Crippen LogP contribution in [0.2, 0.25) is 0 Å². The maximum absolute atomic E-state index is 10.9. The Kier molecular flexibility index (Phi) is 2.26. The van der Waals surface area contributed by atoms with Crippen LogP contribution in [0.25, 0.3) is 17.2 Å². The molecule has 0 fully saturated rings. The lowest BCUT2D eigenvalue weighted by Gasteiger charge is -1.93. The smallest absolute Gasteiger partial charge is 0.247 e. The van der Waals surface area contributed by atoms with Crippen LogP contribution >= 0.6 is 0 Å². The Hall–Kier alpha value is -2.43. The normalized spacial score (nSPS) is 11.0. The number of carbonyl (C=O) groups excluding carboxylic acids is 1. The molecule has 18 heavy (non-hydrogen) atoms. The second-order valence-corrected chi connectivity index (χ2v) is 4.10. The summed E-state index contributed by atoms with van der Waals surface area (Å²) in [5, 5.41) is 0. The fraction of sp³-hybridized carbons (Fsp3) is 0.154. The number of pyridine rings is 1. The first-order valence-corrected chi connectivity index (χ1v) is 5.56. The van der Waals surface area contributed by atoms with Gasteiger partial charge in [0.2, 0.25) is 5.89 Å². The Morgan fingerprint density at radius 3 is 2.83 bits per heavy atom. The van der Waals surface area contributed by atoms with E-state index in [0.29, 0.717) is 22.8 Å². The van der Waals surface area contributed by atoms with Crippen LogP contribution in [0.1, 0.15) is 21.8 Å². The summed E-state index contributed by atoms with van der Waals surface area (Å²) in [7, 11) is 0. The molecule has 0 bridgehead atoms. The van der Waals surface area contributed by atoms with Gasteiger partial charge in [-0.25, -0.2) is 9.97 Å². The van der Waals surface area contributed by atoms with Crippen LogP contribution in [0.3, 0.4) is 0 Å². The third kappa shape index (κ3) is 1.52. The minimum absolute atomic E-state index is 0.477. The predicted molar refractivity (Wildman–Crippen MR) is 65.6 cm³/mol. The van der Waals surface area contributed by atoms with E-state index in [1.165, 1.54) is 0 Å². The summed E-state index contributed by atoms with van der Waals surface area (Å²) in [6.45, 7) is 3.74. The van der Waals surface area contributed by atoms with Crippen molar-refractivity contribution >= 4 is 11.9 Å². The molecule has 0 saturated heterocycles. The van der Waals surface area contributed by atoms with Crippen LogP contribution in [-0.2, 0) is 0 Å². The maximum atomic E-state index is 10.9. The van der Waals surface area contributed by atoms with Crippen LogP contribution in [0.5, 0.6) is 0 Å². The fourth-order valence-electron chi connectivity index (χ4n) is 1.81. The van der Waals surface area contributed by atoms with Gasteiger partial charge < -0.3 is 8.82 Å². The van der Waals surface area contributed by atoms with Crippen molar-refractivity contribution in [3.63, 3.8) is 0 Å². The molecule has 0 N–H and O–H groups in total. The largest absolute Gasteiger partial charge is 0.440 e. The Morgan fingerprint density at radius 2 is 2.17 bits per heavy atom. The Balaban J connectivity index is 2.22. The van der Waals surface area contributed by atoms with Crippen LogP contribution < -0.4 is 0 Å². The summed E-state index contributed by atoms with van der Waals surface area (Å²) in [4.78, 5) is 19.6. The van der Waals surface area contributed by atoms with Gasteiger partial charge in [-0.05, 0) is 26.0 Å². The highest BCUT2D eigenvalue weighted by Crippen LogP contribution is 2.21. The molecule has 0 unspecified atom stereocenters. The molecular formula is C13H11N3O2. The number of nitrogens with zero attached hydrogens (tertiary/aromatic N) is 3. The van der Waals surface area contributed by atoms with Gasteiger partial charge in [0.15, 0.2) is 6.29 Å². The molecule has 0 saturated carbocycles. The zero-order valence-electron chi connectivity index (χ0n) is 10.0. The molecule has 0 amide bonds. The molecule has 90 valence electrons. The second-order valence-electron chi connectivity index (χ2n) is 4.10. The van der Waals surface area contributed by atoms with Crippen molar-refractivity contribution in [2.24, 2.45) is 0 Å². The summed E-state index contributed by atoms with van der Waals surface area (Å²) in [5.41, 5.74) is 2.62. The third-order valence-corrected chi connectivity index (χ3v) is 2.89. The third-order valence-electron chi connectivity index (χ3n) is 2.89. The molecule has 0 atom stereocenters. The van der Waals surface area contributed by atoms with Gasteiger partial charge in [0.05, 0.1) is 11.3 Å². The molecule has 3 rings (SSSR count). The first-order valence-electron chi connectivity index (χ1n) is 5.56. The van der Waals surface area contributed by atoms with E-state index >= 15 is 0 Å². The van der Waals surface area contributed by atoms with Crippen LogP contribution in [-0.4, -0.2) is 20.7 Å². The highest BCUT2D eigenvalue weighted by atomic mass is 16.4. The molecule has 0 aromatic carbocycles. The Bertz CT molecular complexity index is 720. The summed E-state index contributed by atoms with van der Waals surface area (Å²) in [5.74, 6) is 1.25. The Morgan fingerprint density at radius 1 is 1.33 bits per heavy atom. The van der Waals surface area contributed by atoms with E-state index in [-0.39, 0.29) is 0 Å². The van der Waals surface area contributed by atoms with Crippen molar-refractivity contribution in [3.05, 3.63) is 41.5 Å². The van der Waals surface area contributed by atoms with Gasteiger partial charge in [0, 0.05) is 12.4 Å². The van der Waals surface area contributed by atoms with Crippen molar-refractivity contribution in [2.45, 2.75) is 13.8 Å². The van der Waals surface area contributed by atoms with Crippen LogP contribution in [0, 0.1) is 13.8 Å². The number of aldehydes is 1. The van der Waals surface area contributed by atoms with E-state index < -0.39 is 0 Å². The first-order chi connectivity index (χ1) is 8.69. The SMILES string of the molecule is Cc1nc(-c2cn3cccc(C=O)c3n2)oc1C. The highest BCUT2D eigenvalue weighted by Gasteiger charge is 2.13. The molecule has 0 spiro atoms. The van der Waals surface area contributed by atoms with E-state index in [1.807, 2.05) is 20.0 Å². The number of fused-ring (bicyclic) bond motifs is 1. The van der Waals surface area contributed by atoms with Crippen LogP contribution in [0.15, 0.2) is 28.9 Å². The van der Waals surface area contributed by atoms with Gasteiger partial charge in [-0.3, -0.25) is 4.79 Å². The number of hydrogen-bond donors (Lipinski definition) is 0. The molecule has 0 aliphatic rings. The van der Waals surface area contributed by atoms with Crippen molar-refractivity contribution < 1.29 is 9.21 Å². The minimum atomic E-state index is 0.477. The van der Waals surface area contributed by atoms with E-state index in [9.17, 15) is 4.79 Å². The number of carbonyl (C=O) groups is 1. The average molecular weight is 241 g/mol. The van der Waals surface area contributed by atoms with E-state index in [2.05, 4.69) is 9.97 Å². The molecule has 3 aromatic rings. The van der Waals surface area contributed by atoms with Gasteiger partial charge in [-0.1, -0.05) is 0 Å². The van der Waals surface area contributed by atoms with Gasteiger partial charge in [-0.15, -0.1) is 0 Å². The minimum Gasteiger partial charge on any atom is -0.440 e. The summed E-state index contributed by atoms with van der Waals surface area (Å²) >= 11 is 0. The zero-order chi connectivity index (χ0) is 12.7. The lowest BCUT2D eigenvalue weighted by molar-refractivity contribution is 0.112. The molecule has 3 heterocycles. The first kappa shape index (κ1) is 10.7. The molecule has 5 heteroatoms. The maximum Gasteiger partial charge on any atom is 0.247 e. The van der Waals surface area contributed by atoms with Crippen molar-refractivity contribution in [3.8, 4) is 11.6 Å². The van der Waals surface area contributed by atoms with Crippen molar-refractivity contribution in [2.75, 3.05) is 0 Å². The monoisotopic (exact) mass is 241 g/mol. The molecule has 3 aromatic heterocycles. The van der Waals surface area contributed by atoms with Gasteiger partial charge in [-0.2, -0.15) is 0 Å². The molecule has 0 radical (unpaired) electrons. The van der Waals surface area contributed by atoms with E-state index in [0.717, 1.165) is 17.7 Å². The average Bonchev–Trinajstić information content (AvgIpc) is 2.93. The molecule has 0 aliphatic heterocycles. The highest BCUT2D eigenvalue weighted by molar-refractivity contribution is 5.84. The van der Waals surface area contributed by atoms with E-state index in [4.69, 9.17) is 4.42 Å². The van der Waals surface area contributed by atoms with Gasteiger partial charge in [0.1, 0.15) is 17.1 Å². The zero-order valence-corrected chi connectivity index (χ0v) is 10.0. The summed E-state index contributed by atoms with van der Waals surface area (Å²) in [6, 6.07) is 3.53. The van der Waals surface area contributed by atoms with Gasteiger partial charge in [0.25, 0.3) is 0 Å². The number of oxazole rings is 1. The lowest BCUT2D eigenvalue weighted by atomic mass is 10.3. The van der Waals surface area contributed by atoms with Crippen LogP contribution in [0.4, 0.5) is 0 Å². The second kappa shape index (κ2) is 3.80. The number of aryl methyl sites for hydroxylation is 2. The molecule has 5 nitrogen and oxygen atoms in total. The number of imidazole rings is 1. The van der Waals surface area contributed by atoms with Crippen molar-refractivity contribution in [1.29, 1.82) is 0 Å². The predicted octanol–water partition coefficient (Wildman–Crippen LogP) is 2.42. The molecular weight excluding hydrogens is 230 g/mol. The lowest BCUT2D eigenvalue weighted by Crippen LogP contribution is -1.88. The number of hydrogen-bond acceptors (Lipinski definition) is 4. The number of aromatic nitrogens is 3. The topological polar surface area (TPSA) is 60.4 Å². The summed E-state index contributed by atoms with van der Waals surface area (Å²) < 4.78 is 7.31. The summed E-state index contributed by atoms with van der Waals surface area (Å²) in [6.07, 6.45) is 4.42. The quantitative estimate of drug-likeness (QED) is 0.646. The van der Waals surface area contributed by atoms with Gasteiger partial charge >= 0.3 is 0 Å². The standard InChI is InChI=1S/C13H11N3O2/c1-8-9(2)18-13(14-8)11-6-16-5-3-4-10(7-17)12(16)15-11/h3-7H,1-2H3. The molecule has 0 aliphatic carbocycles. The van der Waals surface area contributed by atoms with Crippen molar-refractivity contribution in [1.82, 2.24) is 14.4 Å². The fourth-order valence-corrected chi connectivity index (χ4v) is 1.81.